The van der Waals surface area contributed by atoms with E-state index in [9.17, 15) is 29.8 Å². The largest absolute Gasteiger partial charge is 0.494 e. The van der Waals surface area contributed by atoms with E-state index in [1.807, 2.05) is 0 Å². The van der Waals surface area contributed by atoms with Gasteiger partial charge in [-0.1, -0.05) is 22.5 Å². The van der Waals surface area contributed by atoms with Gasteiger partial charge in [-0.25, -0.2) is 9.59 Å². The van der Waals surface area contributed by atoms with Crippen LogP contribution in [0.4, 0.5) is 11.4 Å². The molecule has 0 spiro atoms. The minimum atomic E-state index is -0.754. The van der Waals surface area contributed by atoms with Gasteiger partial charge in [0.25, 0.3) is 11.4 Å². The molecule has 32 heavy (non-hydrogen) atoms. The number of nitro groups is 2. The zero-order chi connectivity index (χ0) is 24.4. The first kappa shape index (κ1) is 26.2. The van der Waals surface area contributed by atoms with Crippen LogP contribution in [0.25, 0.3) is 5.76 Å². The van der Waals surface area contributed by atoms with Crippen molar-refractivity contribution in [3.05, 3.63) is 84.4 Å². The van der Waals surface area contributed by atoms with Crippen molar-refractivity contribution < 1.29 is 33.6 Å². The van der Waals surface area contributed by atoms with Crippen LogP contribution in [-0.4, -0.2) is 42.6 Å². The maximum absolute atomic E-state index is 11.4. The maximum Gasteiger partial charge on any atom is 0.344 e. The van der Waals surface area contributed by atoms with Crippen LogP contribution in [-0.2, 0) is 14.2 Å². The molecular formula is C20H19BrN2O9. The van der Waals surface area contributed by atoms with Gasteiger partial charge in [-0.3, -0.25) is 20.2 Å². The molecule has 2 aromatic carbocycles. The van der Waals surface area contributed by atoms with Crippen LogP contribution < -0.4 is 0 Å². The predicted octanol–water partition coefficient (Wildman–Crippen LogP) is 4.53. The Labute approximate surface area is 191 Å². The van der Waals surface area contributed by atoms with Gasteiger partial charge in [0.15, 0.2) is 0 Å². The average molecular weight is 511 g/mol. The Morgan fingerprint density at radius 2 is 1.41 bits per heavy atom. The van der Waals surface area contributed by atoms with Gasteiger partial charge >= 0.3 is 11.9 Å². The number of halogens is 1. The third kappa shape index (κ3) is 6.87. The molecule has 0 radical (unpaired) electrons. The van der Waals surface area contributed by atoms with E-state index in [2.05, 4.69) is 32.0 Å². The highest BCUT2D eigenvalue weighted by Crippen LogP contribution is 2.25. The Kier molecular flexibility index (Phi) is 9.96. The third-order valence-corrected chi connectivity index (χ3v) is 4.30. The van der Waals surface area contributed by atoms with Gasteiger partial charge in [0, 0.05) is 22.2 Å². The molecule has 0 aliphatic carbocycles. The van der Waals surface area contributed by atoms with Crippen LogP contribution in [0.15, 0.2) is 47.4 Å². The first-order valence-electron chi connectivity index (χ1n) is 8.78. The number of carbonyl (C=O) groups is 2. The van der Waals surface area contributed by atoms with E-state index >= 15 is 0 Å². The summed E-state index contributed by atoms with van der Waals surface area (Å²) >= 11 is 3.08. The van der Waals surface area contributed by atoms with Gasteiger partial charge in [0.05, 0.1) is 30.7 Å². The third-order valence-electron chi connectivity index (χ3n) is 3.80. The molecule has 0 N–H and O–H groups in total. The lowest BCUT2D eigenvalue weighted by Gasteiger charge is -2.08. The fourth-order valence-corrected chi connectivity index (χ4v) is 2.68. The molecule has 0 aromatic heterocycles. The molecule has 0 heterocycles. The molecule has 0 atom stereocenters. The Bertz CT molecular complexity index is 1050. The summed E-state index contributed by atoms with van der Waals surface area (Å²) in [6, 6.07) is 8.23. The molecule has 170 valence electrons. The van der Waals surface area contributed by atoms with Crippen LogP contribution in [0.1, 0.15) is 33.2 Å². The van der Waals surface area contributed by atoms with Gasteiger partial charge in [0.1, 0.15) is 16.9 Å². The number of methoxy groups -OCH3 is 2. The topological polar surface area (TPSA) is 148 Å². The Morgan fingerprint density at radius 1 is 0.938 bits per heavy atom. The normalized spacial score (nSPS) is 9.62. The highest BCUT2D eigenvalue weighted by Gasteiger charge is 2.22. The minimum absolute atomic E-state index is 0.0549. The number of hydrogen-bond donors (Lipinski definition) is 0. The summed E-state index contributed by atoms with van der Waals surface area (Å²) in [6.45, 7) is 5.84. The number of nitrogens with zero attached hydrogens (tertiary/aromatic N) is 2. The molecule has 0 saturated heterocycles. The summed E-state index contributed by atoms with van der Waals surface area (Å²) < 4.78 is 14.6. The van der Waals surface area contributed by atoms with Crippen LogP contribution >= 0.6 is 15.9 Å². The molecule has 0 amide bonds. The van der Waals surface area contributed by atoms with E-state index in [4.69, 9.17) is 4.74 Å². The molecule has 0 bridgehead atoms. The van der Waals surface area contributed by atoms with Crippen molar-refractivity contribution in [2.75, 3.05) is 20.8 Å². The van der Waals surface area contributed by atoms with Gasteiger partial charge in [-0.15, -0.1) is 0 Å². The molecular weight excluding hydrogens is 492 g/mol. The van der Waals surface area contributed by atoms with Crippen molar-refractivity contribution in [3.63, 3.8) is 0 Å². The average Bonchev–Trinajstić information content (AvgIpc) is 2.78. The zero-order valence-corrected chi connectivity index (χ0v) is 18.9. The van der Waals surface area contributed by atoms with Crippen molar-refractivity contribution >= 4 is 45.0 Å². The highest BCUT2D eigenvalue weighted by atomic mass is 79.9. The van der Waals surface area contributed by atoms with Crippen molar-refractivity contribution in [2.45, 2.75) is 6.92 Å². The van der Waals surface area contributed by atoms with Gasteiger partial charge in [-0.2, -0.15) is 0 Å². The van der Waals surface area contributed by atoms with Gasteiger partial charge < -0.3 is 14.2 Å². The monoisotopic (exact) mass is 510 g/mol. The van der Waals surface area contributed by atoms with Crippen LogP contribution in [0.3, 0.4) is 0 Å². The number of rotatable bonds is 7. The summed E-state index contributed by atoms with van der Waals surface area (Å²) in [5.41, 5.74) is -0.307. The number of esters is 2. The second-order valence-corrected chi connectivity index (χ2v) is 6.66. The molecule has 12 heteroatoms. The Hall–Kier alpha value is -3.80. The van der Waals surface area contributed by atoms with E-state index in [1.165, 1.54) is 44.6 Å². The quantitative estimate of drug-likeness (QED) is 0.226. The molecule has 0 saturated carbocycles. The fourth-order valence-electron chi connectivity index (χ4n) is 2.33. The second kappa shape index (κ2) is 12.2. The minimum Gasteiger partial charge on any atom is -0.494 e. The van der Waals surface area contributed by atoms with E-state index < -0.39 is 21.8 Å². The fraction of sp³-hybridized carbons (Fsp3) is 0.200. The summed E-state index contributed by atoms with van der Waals surface area (Å²) in [7, 11) is 2.34. The van der Waals surface area contributed by atoms with Gasteiger partial charge in [0.2, 0.25) is 0 Å². The summed E-state index contributed by atoms with van der Waals surface area (Å²) in [6.07, 6.45) is 0. The molecule has 0 fully saturated rings. The molecule has 11 nitrogen and oxygen atoms in total. The predicted molar refractivity (Wildman–Crippen MR) is 117 cm³/mol. The first-order valence-corrected chi connectivity index (χ1v) is 9.57. The molecule has 2 aromatic rings. The first-order chi connectivity index (χ1) is 15.1. The molecule has 0 aliphatic heterocycles. The van der Waals surface area contributed by atoms with Crippen LogP contribution in [0, 0.1) is 20.2 Å². The molecule has 2 rings (SSSR count). The standard InChI is InChI=1S/C12H13NO5.C8H6BrNO4/c1-4-18-8(2)9-5-6-10(12(14)17-3)11(7-9)13(15)16;1-14-8(11)6-3-2-5(9)4-7(6)10(12)13/h5-7H,2,4H2,1,3H3;2-4H,1H3. The lowest BCUT2D eigenvalue weighted by molar-refractivity contribution is -0.385. The van der Waals surface area contributed by atoms with Crippen LogP contribution in [0.5, 0.6) is 0 Å². The smallest absolute Gasteiger partial charge is 0.344 e. The van der Waals surface area contributed by atoms with Crippen LogP contribution in [0.2, 0.25) is 0 Å². The van der Waals surface area contributed by atoms with E-state index in [0.29, 0.717) is 22.4 Å². The molecule has 0 unspecified atom stereocenters. The number of carbonyl (C=O) groups excluding carboxylic acids is 2. The number of ether oxygens (including phenoxy) is 3. The van der Waals surface area contributed by atoms with Gasteiger partial charge in [-0.05, 0) is 31.2 Å². The second-order valence-electron chi connectivity index (χ2n) is 5.75. The SMILES string of the molecule is C=C(OCC)c1ccc(C(=O)OC)c([N+](=O)[O-])c1.COC(=O)c1ccc(Br)cc1[N+](=O)[O-]. The van der Waals surface area contributed by atoms with E-state index in [0.717, 1.165) is 0 Å². The van der Waals surface area contributed by atoms with Crippen molar-refractivity contribution in [1.82, 2.24) is 0 Å². The highest BCUT2D eigenvalue weighted by molar-refractivity contribution is 9.10. The number of benzene rings is 2. The summed E-state index contributed by atoms with van der Waals surface area (Å²) in [4.78, 5) is 42.7. The van der Waals surface area contributed by atoms with Crippen molar-refractivity contribution in [3.8, 4) is 0 Å². The van der Waals surface area contributed by atoms with E-state index in [-0.39, 0.29) is 22.5 Å². The summed E-state index contributed by atoms with van der Waals surface area (Å²) in [5.74, 6) is -1.16. The maximum atomic E-state index is 11.4. The van der Waals surface area contributed by atoms with Crippen molar-refractivity contribution in [2.24, 2.45) is 0 Å². The number of nitro benzene ring substituents is 2. The molecule has 0 aliphatic rings. The van der Waals surface area contributed by atoms with E-state index in [1.54, 1.807) is 13.0 Å². The lowest BCUT2D eigenvalue weighted by atomic mass is 10.1. The Balaban J connectivity index is 0.000000330. The number of hydrogen-bond acceptors (Lipinski definition) is 9. The summed E-state index contributed by atoms with van der Waals surface area (Å²) in [5, 5.41) is 21.5. The lowest BCUT2D eigenvalue weighted by Crippen LogP contribution is -2.06. The Morgan fingerprint density at radius 3 is 1.84 bits per heavy atom. The van der Waals surface area contributed by atoms with Crippen molar-refractivity contribution in [1.29, 1.82) is 0 Å². The zero-order valence-electron chi connectivity index (χ0n) is 17.3.